The van der Waals surface area contributed by atoms with Crippen LogP contribution in [0.2, 0.25) is 0 Å². The number of esters is 1. The Morgan fingerprint density at radius 2 is 2.00 bits per heavy atom. The van der Waals surface area contributed by atoms with Crippen LogP contribution >= 0.6 is 11.3 Å². The van der Waals surface area contributed by atoms with E-state index in [-0.39, 0.29) is 24.1 Å². The highest BCUT2D eigenvalue weighted by Crippen LogP contribution is 2.39. The van der Waals surface area contributed by atoms with Crippen LogP contribution in [-0.2, 0) is 27.1 Å². The van der Waals surface area contributed by atoms with Crippen LogP contribution in [0.4, 0.5) is 5.00 Å². The first-order chi connectivity index (χ1) is 11.5. The summed E-state index contributed by atoms with van der Waals surface area (Å²) in [5, 5.41) is 3.56. The molecule has 24 heavy (non-hydrogen) atoms. The number of ether oxygens (including phenoxy) is 2. The summed E-state index contributed by atoms with van der Waals surface area (Å²) < 4.78 is 10.6. The molecule has 3 rings (SSSR count). The van der Waals surface area contributed by atoms with Gasteiger partial charge in [0, 0.05) is 18.0 Å². The average molecular weight is 352 g/mol. The maximum absolute atomic E-state index is 12.4. The smallest absolute Gasteiger partial charge is 0.341 e. The molecule has 1 amide bonds. The van der Waals surface area contributed by atoms with Crippen molar-refractivity contribution in [3.05, 3.63) is 16.0 Å². The Bertz CT molecular complexity index is 633. The molecule has 0 radical (unpaired) electrons. The Balaban J connectivity index is 1.69. The largest absolute Gasteiger partial charge is 0.465 e. The number of carbonyl (C=O) groups is 2. The number of amides is 1. The molecule has 132 valence electrons. The van der Waals surface area contributed by atoms with Crippen molar-refractivity contribution in [2.45, 2.75) is 45.3 Å². The minimum atomic E-state index is -0.363. The van der Waals surface area contributed by atoms with E-state index in [0.29, 0.717) is 17.1 Å². The predicted molar refractivity (Wildman–Crippen MR) is 92.8 cm³/mol. The number of morpholine rings is 1. The van der Waals surface area contributed by atoms with Gasteiger partial charge < -0.3 is 14.8 Å². The van der Waals surface area contributed by atoms with Crippen LogP contribution in [0, 0.1) is 0 Å². The zero-order valence-corrected chi connectivity index (χ0v) is 15.2. The number of rotatable bonds is 4. The van der Waals surface area contributed by atoms with Crippen molar-refractivity contribution < 1.29 is 19.1 Å². The second-order valence-electron chi connectivity index (χ2n) is 6.55. The standard InChI is InChI=1S/C17H24N2O4S/c1-10-7-19(8-11(2)23-10)9-14(20)18-16-15(17(21)22-3)12-5-4-6-13(12)24-16/h10-11H,4-9H2,1-3H3,(H,18,20)/t10-,11-/m1/s1. The first-order valence-corrected chi connectivity index (χ1v) is 9.20. The molecule has 7 heteroatoms. The highest BCUT2D eigenvalue weighted by atomic mass is 32.1. The Labute approximate surface area is 146 Å². The summed E-state index contributed by atoms with van der Waals surface area (Å²) in [5.41, 5.74) is 1.60. The molecule has 1 N–H and O–H groups in total. The quantitative estimate of drug-likeness (QED) is 0.840. The van der Waals surface area contributed by atoms with Crippen LogP contribution < -0.4 is 5.32 Å². The lowest BCUT2D eigenvalue weighted by molar-refractivity contribution is -0.121. The van der Waals surface area contributed by atoms with E-state index in [2.05, 4.69) is 10.2 Å². The SMILES string of the molecule is COC(=O)c1c(NC(=O)CN2C[C@@H](C)O[C@H](C)C2)sc2c1CCC2. The molecular formula is C17H24N2O4S. The second-order valence-corrected chi connectivity index (χ2v) is 7.66. The molecule has 1 saturated heterocycles. The van der Waals surface area contributed by atoms with Crippen LogP contribution in [0.1, 0.15) is 41.1 Å². The topological polar surface area (TPSA) is 67.9 Å². The number of thiophene rings is 1. The van der Waals surface area contributed by atoms with Crippen LogP contribution in [-0.4, -0.2) is 55.7 Å². The number of hydrogen-bond donors (Lipinski definition) is 1. The van der Waals surface area contributed by atoms with Gasteiger partial charge in [0.05, 0.1) is 31.4 Å². The van der Waals surface area contributed by atoms with Crippen LogP contribution in [0.15, 0.2) is 0 Å². The lowest BCUT2D eigenvalue weighted by Crippen LogP contribution is -2.48. The van der Waals surface area contributed by atoms with E-state index < -0.39 is 0 Å². The Morgan fingerprint density at radius 3 is 2.67 bits per heavy atom. The van der Waals surface area contributed by atoms with Gasteiger partial charge in [-0.05, 0) is 38.7 Å². The maximum Gasteiger partial charge on any atom is 0.341 e. The first-order valence-electron chi connectivity index (χ1n) is 8.38. The summed E-state index contributed by atoms with van der Waals surface area (Å²) >= 11 is 1.51. The summed E-state index contributed by atoms with van der Waals surface area (Å²) in [4.78, 5) is 27.8. The monoisotopic (exact) mass is 352 g/mol. The Hall–Kier alpha value is -1.44. The van der Waals surface area contributed by atoms with E-state index >= 15 is 0 Å². The number of aryl methyl sites for hydroxylation is 1. The van der Waals surface area contributed by atoms with Gasteiger partial charge in [-0.2, -0.15) is 0 Å². The lowest BCUT2D eigenvalue weighted by Gasteiger charge is -2.34. The molecule has 1 aromatic rings. The molecule has 0 aromatic carbocycles. The highest BCUT2D eigenvalue weighted by molar-refractivity contribution is 7.17. The van der Waals surface area contributed by atoms with E-state index in [9.17, 15) is 9.59 Å². The van der Waals surface area contributed by atoms with Crippen molar-refractivity contribution >= 4 is 28.2 Å². The van der Waals surface area contributed by atoms with E-state index in [1.807, 2.05) is 13.8 Å². The molecule has 0 unspecified atom stereocenters. The van der Waals surface area contributed by atoms with E-state index in [1.165, 1.54) is 23.3 Å². The van der Waals surface area contributed by atoms with Gasteiger partial charge in [0.1, 0.15) is 5.00 Å². The molecule has 2 atom stereocenters. The van der Waals surface area contributed by atoms with Gasteiger partial charge in [-0.25, -0.2) is 4.79 Å². The van der Waals surface area contributed by atoms with Crippen molar-refractivity contribution in [3.63, 3.8) is 0 Å². The summed E-state index contributed by atoms with van der Waals surface area (Å²) in [7, 11) is 1.38. The van der Waals surface area contributed by atoms with Gasteiger partial charge in [0.25, 0.3) is 0 Å². The van der Waals surface area contributed by atoms with E-state index in [0.717, 1.165) is 37.9 Å². The second kappa shape index (κ2) is 7.21. The van der Waals surface area contributed by atoms with Gasteiger partial charge in [0.2, 0.25) is 5.91 Å². The van der Waals surface area contributed by atoms with Crippen LogP contribution in [0.5, 0.6) is 0 Å². The Morgan fingerprint density at radius 1 is 1.29 bits per heavy atom. The fourth-order valence-electron chi connectivity index (χ4n) is 3.59. The Kier molecular flexibility index (Phi) is 5.22. The van der Waals surface area contributed by atoms with Crippen molar-refractivity contribution in [1.82, 2.24) is 4.90 Å². The van der Waals surface area contributed by atoms with Crippen molar-refractivity contribution in [2.24, 2.45) is 0 Å². The van der Waals surface area contributed by atoms with Crippen LogP contribution in [0.25, 0.3) is 0 Å². The molecule has 0 bridgehead atoms. The molecule has 0 spiro atoms. The summed E-state index contributed by atoms with van der Waals surface area (Å²) in [6.07, 6.45) is 3.15. The molecule has 2 aliphatic rings. The molecule has 0 saturated carbocycles. The number of nitrogens with zero attached hydrogens (tertiary/aromatic N) is 1. The molecule has 1 aliphatic carbocycles. The molecule has 1 aliphatic heterocycles. The predicted octanol–water partition coefficient (Wildman–Crippen LogP) is 2.07. The summed E-state index contributed by atoms with van der Waals surface area (Å²) in [6.45, 7) is 5.81. The number of hydrogen-bond acceptors (Lipinski definition) is 6. The number of nitrogens with one attached hydrogen (secondary N) is 1. The van der Waals surface area contributed by atoms with Gasteiger partial charge >= 0.3 is 5.97 Å². The first kappa shape index (κ1) is 17.4. The number of methoxy groups -OCH3 is 1. The van der Waals surface area contributed by atoms with Gasteiger partial charge in [-0.1, -0.05) is 0 Å². The average Bonchev–Trinajstić information content (AvgIpc) is 3.05. The minimum Gasteiger partial charge on any atom is -0.465 e. The molecule has 1 fully saturated rings. The fraction of sp³-hybridized carbons (Fsp3) is 0.647. The molecule has 1 aromatic heterocycles. The van der Waals surface area contributed by atoms with Gasteiger partial charge in [-0.15, -0.1) is 11.3 Å². The van der Waals surface area contributed by atoms with Gasteiger partial charge in [-0.3, -0.25) is 9.69 Å². The van der Waals surface area contributed by atoms with Crippen molar-refractivity contribution in [2.75, 3.05) is 32.1 Å². The zero-order chi connectivity index (χ0) is 17.3. The number of anilines is 1. The fourth-order valence-corrected chi connectivity index (χ4v) is 4.89. The maximum atomic E-state index is 12.4. The highest BCUT2D eigenvalue weighted by Gasteiger charge is 2.29. The zero-order valence-electron chi connectivity index (χ0n) is 14.4. The molecule has 6 nitrogen and oxygen atoms in total. The summed E-state index contributed by atoms with van der Waals surface area (Å²) in [6, 6.07) is 0. The normalized spacial score (nSPS) is 23.8. The summed E-state index contributed by atoms with van der Waals surface area (Å²) in [5.74, 6) is -0.459. The molecule has 2 heterocycles. The third kappa shape index (κ3) is 3.63. The lowest BCUT2D eigenvalue weighted by atomic mass is 10.1. The number of carbonyl (C=O) groups excluding carboxylic acids is 2. The van der Waals surface area contributed by atoms with Crippen LogP contribution in [0.3, 0.4) is 0 Å². The molecular weight excluding hydrogens is 328 g/mol. The van der Waals surface area contributed by atoms with E-state index in [1.54, 1.807) is 0 Å². The third-order valence-corrected chi connectivity index (χ3v) is 5.63. The minimum absolute atomic E-state index is 0.0959. The van der Waals surface area contributed by atoms with Gasteiger partial charge in [0.15, 0.2) is 0 Å². The van der Waals surface area contributed by atoms with Crippen molar-refractivity contribution in [1.29, 1.82) is 0 Å². The van der Waals surface area contributed by atoms with Crippen molar-refractivity contribution in [3.8, 4) is 0 Å². The van der Waals surface area contributed by atoms with E-state index in [4.69, 9.17) is 9.47 Å². The number of fused-ring (bicyclic) bond motifs is 1. The third-order valence-electron chi connectivity index (χ3n) is 4.43.